The third-order valence-corrected chi connectivity index (χ3v) is 6.07. The van der Waals surface area contributed by atoms with Crippen molar-refractivity contribution in [1.82, 2.24) is 4.90 Å². The Balaban J connectivity index is 0.00000154. The minimum absolute atomic E-state index is 0.0828. The molecule has 0 saturated carbocycles. The van der Waals surface area contributed by atoms with Crippen LogP contribution in [0, 0.1) is 21.8 Å². The number of likely N-dealkylation sites (tertiary alicyclic amines) is 1. The van der Waals surface area contributed by atoms with Gasteiger partial charge in [-0.05, 0) is 79.6 Å². The lowest BCUT2D eigenvalue weighted by Gasteiger charge is -2.33. The molecule has 0 aromatic heterocycles. The van der Waals surface area contributed by atoms with Crippen LogP contribution < -0.4 is 9.47 Å². The second kappa shape index (κ2) is 16.7. The van der Waals surface area contributed by atoms with Gasteiger partial charge in [-0.15, -0.1) is 0 Å². The fraction of sp³-hybridized carbons (Fsp3) is 0.517. The first-order valence-electron chi connectivity index (χ1n) is 13.0. The molecule has 1 aliphatic rings. The predicted octanol–water partition coefficient (Wildman–Crippen LogP) is 7.55. The van der Waals surface area contributed by atoms with E-state index >= 15 is 0 Å². The van der Waals surface area contributed by atoms with E-state index in [1.807, 2.05) is 45.9 Å². The molecule has 1 heterocycles. The van der Waals surface area contributed by atoms with Crippen molar-refractivity contribution in [3.63, 3.8) is 0 Å². The Hall–Kier alpha value is -2.93. The highest BCUT2D eigenvalue weighted by molar-refractivity contribution is 5.74. The van der Waals surface area contributed by atoms with Crippen LogP contribution in [0.15, 0.2) is 42.5 Å². The lowest BCUT2D eigenvalue weighted by Crippen LogP contribution is -2.35. The zero-order valence-electron chi connectivity index (χ0n) is 23.0. The first-order valence-corrected chi connectivity index (χ1v) is 13.0. The molecular formula is C29H43FN2O4. The third kappa shape index (κ3) is 8.63. The monoisotopic (exact) mass is 502 g/mol. The van der Waals surface area contributed by atoms with Crippen LogP contribution in [0.4, 0.5) is 10.1 Å². The lowest BCUT2D eigenvalue weighted by molar-refractivity contribution is -0.385. The molecule has 2 aromatic carbocycles. The van der Waals surface area contributed by atoms with E-state index in [-0.39, 0.29) is 17.3 Å². The summed E-state index contributed by atoms with van der Waals surface area (Å²) in [5.74, 6) is 0.637. The van der Waals surface area contributed by atoms with Crippen LogP contribution in [0.25, 0.3) is 5.57 Å². The highest BCUT2D eigenvalue weighted by atomic mass is 19.1. The van der Waals surface area contributed by atoms with Gasteiger partial charge in [-0.2, -0.15) is 0 Å². The summed E-state index contributed by atoms with van der Waals surface area (Å²) >= 11 is 0. The predicted molar refractivity (Wildman–Crippen MR) is 146 cm³/mol. The van der Waals surface area contributed by atoms with Gasteiger partial charge in [0, 0.05) is 12.6 Å². The van der Waals surface area contributed by atoms with Crippen molar-refractivity contribution >= 4 is 11.3 Å². The summed E-state index contributed by atoms with van der Waals surface area (Å²) in [6.45, 7) is 12.9. The standard InChI is InChI=1S/C25H31FN2O4.2C2H6/c1-4-5-22(20-16-23(28(29)30)25(32-3)24(17-20)31-2)19-11-14-27(15-12-19)13-10-18-6-8-21(26)9-7-18;2*1-2/h5-9,16-17,19H,4,10-15H2,1-3H3;2*1-2H3/b22-5-;;. The molecule has 0 aliphatic carbocycles. The van der Waals surface area contributed by atoms with Crippen molar-refractivity contribution in [2.45, 2.75) is 60.3 Å². The van der Waals surface area contributed by atoms with Crippen molar-refractivity contribution in [1.29, 1.82) is 0 Å². The fourth-order valence-electron chi connectivity index (χ4n) is 4.39. The van der Waals surface area contributed by atoms with Gasteiger partial charge >= 0.3 is 5.69 Å². The highest BCUT2D eigenvalue weighted by Gasteiger charge is 2.27. The maximum absolute atomic E-state index is 13.1. The van der Waals surface area contributed by atoms with Crippen LogP contribution in [0.3, 0.4) is 0 Å². The number of rotatable bonds is 9. The van der Waals surface area contributed by atoms with Gasteiger partial charge in [-0.25, -0.2) is 4.39 Å². The number of nitro benzene ring substituents is 1. The van der Waals surface area contributed by atoms with E-state index in [1.165, 1.54) is 26.4 Å². The smallest absolute Gasteiger partial charge is 0.315 e. The number of hydrogen-bond acceptors (Lipinski definition) is 5. The molecule has 0 bridgehead atoms. The van der Waals surface area contributed by atoms with Crippen LogP contribution in [0.2, 0.25) is 0 Å². The van der Waals surface area contributed by atoms with E-state index < -0.39 is 4.92 Å². The number of halogens is 1. The average Bonchev–Trinajstić information content (AvgIpc) is 2.93. The SMILES string of the molecule is CC.CC.CC/C=C(\c1cc(OC)c(OC)c([N+](=O)[O-])c1)C1CCN(CCc2ccc(F)cc2)CC1. The van der Waals surface area contributed by atoms with Crippen molar-refractivity contribution in [2.75, 3.05) is 33.9 Å². The van der Waals surface area contributed by atoms with Crippen LogP contribution in [0.1, 0.15) is 65.0 Å². The van der Waals surface area contributed by atoms with Gasteiger partial charge in [-0.1, -0.05) is 52.8 Å². The minimum Gasteiger partial charge on any atom is -0.493 e. The number of ether oxygens (including phenoxy) is 2. The van der Waals surface area contributed by atoms with Crippen molar-refractivity contribution in [2.24, 2.45) is 5.92 Å². The Morgan fingerprint density at radius 3 is 2.19 bits per heavy atom. The van der Waals surface area contributed by atoms with Gasteiger partial charge in [0.2, 0.25) is 5.75 Å². The summed E-state index contributed by atoms with van der Waals surface area (Å²) in [5.41, 5.74) is 3.01. The molecule has 200 valence electrons. The summed E-state index contributed by atoms with van der Waals surface area (Å²) < 4.78 is 23.7. The van der Waals surface area contributed by atoms with Crippen LogP contribution in [0.5, 0.6) is 11.5 Å². The van der Waals surface area contributed by atoms with Crippen LogP contribution in [-0.2, 0) is 6.42 Å². The molecule has 1 fully saturated rings. The van der Waals surface area contributed by atoms with Crippen molar-refractivity contribution in [3.8, 4) is 11.5 Å². The third-order valence-electron chi connectivity index (χ3n) is 6.07. The Morgan fingerprint density at radius 2 is 1.69 bits per heavy atom. The zero-order chi connectivity index (χ0) is 27.1. The topological polar surface area (TPSA) is 64.8 Å². The van der Waals surface area contributed by atoms with E-state index in [9.17, 15) is 14.5 Å². The maximum Gasteiger partial charge on any atom is 0.315 e. The quantitative estimate of drug-likeness (QED) is 0.262. The molecule has 1 aliphatic heterocycles. The van der Waals surface area contributed by atoms with Gasteiger partial charge < -0.3 is 14.4 Å². The normalized spacial score (nSPS) is 14.2. The number of benzene rings is 2. The Bertz CT molecular complexity index is 952. The Morgan fingerprint density at radius 1 is 1.08 bits per heavy atom. The maximum atomic E-state index is 13.1. The molecule has 7 heteroatoms. The van der Waals surface area contributed by atoms with Gasteiger partial charge in [0.25, 0.3) is 0 Å². The Kier molecular flexibility index (Phi) is 14.4. The van der Waals surface area contributed by atoms with Gasteiger partial charge in [-0.3, -0.25) is 10.1 Å². The summed E-state index contributed by atoms with van der Waals surface area (Å²) in [7, 11) is 2.91. The molecule has 0 N–H and O–H groups in total. The second-order valence-electron chi connectivity index (χ2n) is 8.05. The molecule has 0 atom stereocenters. The highest BCUT2D eigenvalue weighted by Crippen LogP contribution is 2.42. The first-order chi connectivity index (χ1) is 17.5. The van der Waals surface area contributed by atoms with Crippen molar-refractivity contribution < 1.29 is 18.8 Å². The molecule has 0 radical (unpaired) electrons. The van der Waals surface area contributed by atoms with E-state index in [0.29, 0.717) is 11.7 Å². The molecule has 2 aromatic rings. The van der Waals surface area contributed by atoms with Crippen LogP contribution in [-0.4, -0.2) is 43.7 Å². The van der Waals surface area contributed by atoms with Crippen molar-refractivity contribution in [3.05, 3.63) is 69.5 Å². The molecule has 1 saturated heterocycles. The molecular weight excluding hydrogens is 459 g/mol. The van der Waals surface area contributed by atoms with E-state index in [4.69, 9.17) is 9.47 Å². The number of piperidine rings is 1. The van der Waals surface area contributed by atoms with Gasteiger partial charge in [0.05, 0.1) is 19.1 Å². The summed E-state index contributed by atoms with van der Waals surface area (Å²) in [6.07, 6.45) is 5.88. The lowest BCUT2D eigenvalue weighted by atomic mass is 9.84. The van der Waals surface area contributed by atoms with Gasteiger partial charge in [0.15, 0.2) is 5.75 Å². The number of methoxy groups -OCH3 is 2. The van der Waals surface area contributed by atoms with Gasteiger partial charge in [0.1, 0.15) is 5.82 Å². The molecule has 6 nitrogen and oxygen atoms in total. The first kappa shape index (κ1) is 31.1. The van der Waals surface area contributed by atoms with E-state index in [1.54, 1.807) is 6.07 Å². The van der Waals surface area contributed by atoms with E-state index in [2.05, 4.69) is 17.9 Å². The number of nitro groups is 1. The van der Waals surface area contributed by atoms with Crippen LogP contribution >= 0.6 is 0 Å². The summed E-state index contributed by atoms with van der Waals surface area (Å²) in [6, 6.07) is 10.1. The largest absolute Gasteiger partial charge is 0.493 e. The number of nitrogens with zero attached hydrogens (tertiary/aromatic N) is 2. The minimum atomic E-state index is -0.424. The fourth-order valence-corrected chi connectivity index (χ4v) is 4.39. The average molecular weight is 503 g/mol. The van der Waals surface area contributed by atoms with E-state index in [0.717, 1.165) is 62.0 Å². The molecule has 3 rings (SSSR count). The number of hydrogen-bond donors (Lipinski definition) is 0. The second-order valence-corrected chi connectivity index (χ2v) is 8.05. The summed E-state index contributed by atoms with van der Waals surface area (Å²) in [5, 5.41) is 11.6. The molecule has 0 unspecified atom stereocenters. The zero-order valence-corrected chi connectivity index (χ0v) is 23.0. The molecule has 36 heavy (non-hydrogen) atoms. The number of allylic oxidation sites excluding steroid dienone is 2. The molecule has 0 amide bonds. The molecule has 0 spiro atoms. The summed E-state index contributed by atoms with van der Waals surface area (Å²) in [4.78, 5) is 13.6. The Labute approximate surface area is 216 Å².